The van der Waals surface area contributed by atoms with Gasteiger partial charge in [0.05, 0.1) is 73.1 Å². The van der Waals surface area contributed by atoms with Crippen LogP contribution in [0.5, 0.6) is 0 Å². The summed E-state index contributed by atoms with van der Waals surface area (Å²) < 4.78 is 16.6. The maximum atomic E-state index is 12.9. The van der Waals surface area contributed by atoms with E-state index in [0.717, 1.165) is 165 Å². The molecular formula is C70H46N6O. The van der Waals surface area contributed by atoms with E-state index in [-0.39, 0.29) is 0 Å². The minimum absolute atomic E-state index is 0.528. The molecule has 0 amide bonds. The molecule has 0 N–H and O–H groups in total. The van der Waals surface area contributed by atoms with Crippen LogP contribution in [-0.4, -0.2) is 23.3 Å². The molecule has 0 saturated carbocycles. The molecule has 0 fully saturated rings. The number of aryl methyl sites for hydroxylation is 4. The molecule has 10 aromatic carbocycles. The second kappa shape index (κ2) is 15.9. The van der Waals surface area contributed by atoms with Gasteiger partial charge in [0.1, 0.15) is 17.2 Å². The number of nitriles is 1. The van der Waals surface area contributed by atoms with E-state index < -0.39 is 0 Å². The van der Waals surface area contributed by atoms with Crippen molar-refractivity contribution >= 4 is 109 Å². The molecule has 6 aromatic heterocycles. The van der Waals surface area contributed by atoms with Gasteiger partial charge in [-0.25, -0.2) is 0 Å². The van der Waals surface area contributed by atoms with Crippen LogP contribution in [0.4, 0.5) is 0 Å². The average molecular weight is 987 g/mol. The molecular weight excluding hydrogens is 941 g/mol. The molecule has 0 aliphatic rings. The summed E-state index contributed by atoms with van der Waals surface area (Å²) in [4.78, 5) is 4.49. The lowest BCUT2D eigenvalue weighted by molar-refractivity contribution is 0.667. The van der Waals surface area contributed by atoms with E-state index in [9.17, 15) is 5.26 Å². The molecule has 0 atom stereocenters. The predicted octanol–water partition coefficient (Wildman–Crippen LogP) is 18.1. The Bertz CT molecular complexity index is 5030. The molecule has 6 heterocycles. The largest absolute Gasteiger partial charge is 0.454 e. The van der Waals surface area contributed by atoms with Gasteiger partial charge < -0.3 is 22.7 Å². The van der Waals surface area contributed by atoms with E-state index in [4.69, 9.17) is 4.42 Å². The van der Waals surface area contributed by atoms with Crippen LogP contribution in [0.1, 0.15) is 27.8 Å². The molecule has 0 spiro atoms. The van der Waals surface area contributed by atoms with Gasteiger partial charge in [-0.2, -0.15) is 5.26 Å². The van der Waals surface area contributed by atoms with Gasteiger partial charge in [-0.05, 0) is 122 Å². The highest BCUT2D eigenvalue weighted by Crippen LogP contribution is 2.52. The Morgan fingerprint density at radius 1 is 0.351 bits per heavy atom. The summed E-state index contributed by atoms with van der Waals surface area (Å²) in [5, 5.41) is 23.8. The van der Waals surface area contributed by atoms with E-state index in [1.165, 1.54) is 0 Å². The zero-order chi connectivity index (χ0) is 51.4. The van der Waals surface area contributed by atoms with Crippen molar-refractivity contribution in [2.75, 3.05) is 0 Å². The Morgan fingerprint density at radius 2 is 0.701 bits per heavy atom. The van der Waals surface area contributed by atoms with Crippen molar-refractivity contribution < 1.29 is 4.42 Å². The second-order valence-electron chi connectivity index (χ2n) is 20.9. The highest BCUT2D eigenvalue weighted by Gasteiger charge is 2.35. The van der Waals surface area contributed by atoms with Crippen LogP contribution in [0.15, 0.2) is 211 Å². The molecule has 0 unspecified atom stereocenters. The zero-order valence-corrected chi connectivity index (χ0v) is 42.7. The molecule has 7 nitrogen and oxygen atoms in total. The van der Waals surface area contributed by atoms with Crippen LogP contribution in [-0.2, 0) is 0 Å². The van der Waals surface area contributed by atoms with Crippen LogP contribution in [0.25, 0.3) is 143 Å². The molecule has 16 rings (SSSR count). The number of hydrogen-bond donors (Lipinski definition) is 0. The van der Waals surface area contributed by atoms with Gasteiger partial charge in [-0.3, -0.25) is 4.98 Å². The van der Waals surface area contributed by atoms with Gasteiger partial charge in [0, 0.05) is 65.6 Å². The Hall–Kier alpha value is -10.2. The summed E-state index contributed by atoms with van der Waals surface area (Å²) in [6, 6.07) is 73.7. The fourth-order valence-electron chi connectivity index (χ4n) is 13.0. The zero-order valence-electron chi connectivity index (χ0n) is 42.7. The SMILES string of the molecule is Cc1ccc2c3ccccc3n(-c3c(C#N)c(-n4c5ccccc5c5ccc(C)cc54)c(-n4c5ccccc5c5ccc(C)cc54)c(-c4ccc5c(c4)oc4cnccc45)c3-n3c4ccccc4c4ccc(C)cc43)c2c1. The van der Waals surface area contributed by atoms with E-state index in [1.807, 2.05) is 12.3 Å². The molecule has 0 radical (unpaired) electrons. The Morgan fingerprint density at radius 3 is 1.10 bits per heavy atom. The first kappa shape index (κ1) is 43.3. The fraction of sp³-hybridized carbons (Fsp3) is 0.0571. The number of hydrogen-bond acceptors (Lipinski definition) is 3. The lowest BCUT2D eigenvalue weighted by Gasteiger charge is -2.29. The van der Waals surface area contributed by atoms with Crippen molar-refractivity contribution in [3.8, 4) is 39.9 Å². The summed E-state index contributed by atoms with van der Waals surface area (Å²) in [6.07, 6.45) is 3.63. The first-order valence-corrected chi connectivity index (χ1v) is 26.2. The summed E-state index contributed by atoms with van der Waals surface area (Å²) in [7, 11) is 0. The molecule has 0 saturated heterocycles. The number of pyridine rings is 1. The lowest BCUT2D eigenvalue weighted by Crippen LogP contribution is -2.16. The topological polar surface area (TPSA) is 69.5 Å². The first-order chi connectivity index (χ1) is 37.8. The molecule has 0 aliphatic carbocycles. The van der Waals surface area contributed by atoms with Crippen molar-refractivity contribution in [3.05, 3.63) is 234 Å². The van der Waals surface area contributed by atoms with Crippen LogP contribution in [0.2, 0.25) is 0 Å². The number of benzene rings is 10. The van der Waals surface area contributed by atoms with Crippen LogP contribution >= 0.6 is 0 Å². The summed E-state index contributed by atoms with van der Waals surface area (Å²) in [5.41, 5.74) is 19.8. The lowest BCUT2D eigenvalue weighted by atomic mass is 9.92. The van der Waals surface area contributed by atoms with Crippen molar-refractivity contribution in [1.29, 1.82) is 5.26 Å². The third kappa shape index (κ3) is 5.98. The van der Waals surface area contributed by atoms with Crippen molar-refractivity contribution in [3.63, 3.8) is 0 Å². The number of furan rings is 1. The van der Waals surface area contributed by atoms with Crippen LogP contribution in [0, 0.1) is 39.0 Å². The summed E-state index contributed by atoms with van der Waals surface area (Å²) >= 11 is 0. The fourth-order valence-corrected chi connectivity index (χ4v) is 13.0. The second-order valence-corrected chi connectivity index (χ2v) is 20.9. The minimum atomic E-state index is 0.528. The molecule has 77 heavy (non-hydrogen) atoms. The van der Waals surface area contributed by atoms with E-state index in [0.29, 0.717) is 5.56 Å². The van der Waals surface area contributed by atoms with Gasteiger partial charge in [0.15, 0.2) is 5.58 Å². The predicted molar refractivity (Wildman–Crippen MR) is 318 cm³/mol. The number of fused-ring (bicyclic) bond motifs is 15. The van der Waals surface area contributed by atoms with Gasteiger partial charge in [-0.15, -0.1) is 0 Å². The molecule has 16 aromatic rings. The van der Waals surface area contributed by atoms with Crippen molar-refractivity contribution in [2.24, 2.45) is 0 Å². The van der Waals surface area contributed by atoms with Gasteiger partial charge >= 0.3 is 0 Å². The minimum Gasteiger partial charge on any atom is -0.454 e. The maximum Gasteiger partial charge on any atom is 0.153 e. The highest BCUT2D eigenvalue weighted by atomic mass is 16.3. The van der Waals surface area contributed by atoms with Gasteiger partial charge in [0.2, 0.25) is 0 Å². The van der Waals surface area contributed by atoms with Crippen LogP contribution in [0.3, 0.4) is 0 Å². The monoisotopic (exact) mass is 986 g/mol. The molecule has 0 aliphatic heterocycles. The van der Waals surface area contributed by atoms with E-state index in [1.54, 1.807) is 6.20 Å². The highest BCUT2D eigenvalue weighted by molar-refractivity contribution is 6.18. The summed E-state index contributed by atoms with van der Waals surface area (Å²) in [5.74, 6) is 0. The quantitative estimate of drug-likeness (QED) is 0.172. The summed E-state index contributed by atoms with van der Waals surface area (Å²) in [6.45, 7) is 8.66. The van der Waals surface area contributed by atoms with Crippen LogP contribution < -0.4 is 0 Å². The maximum absolute atomic E-state index is 12.9. The molecule has 0 bridgehead atoms. The average Bonchev–Trinajstić information content (AvgIpc) is 4.46. The number of aromatic nitrogens is 5. The Kier molecular flexibility index (Phi) is 8.95. The van der Waals surface area contributed by atoms with Crippen molar-refractivity contribution in [1.82, 2.24) is 23.3 Å². The number of para-hydroxylation sites is 4. The van der Waals surface area contributed by atoms with Crippen molar-refractivity contribution in [2.45, 2.75) is 27.7 Å². The molecule has 7 heteroatoms. The smallest absolute Gasteiger partial charge is 0.153 e. The van der Waals surface area contributed by atoms with Gasteiger partial charge in [-0.1, -0.05) is 127 Å². The Labute approximate surface area is 441 Å². The molecule has 362 valence electrons. The van der Waals surface area contributed by atoms with Gasteiger partial charge in [0.25, 0.3) is 0 Å². The van der Waals surface area contributed by atoms with E-state index >= 15 is 0 Å². The third-order valence-corrected chi connectivity index (χ3v) is 16.3. The standard InChI is InChI=1S/C70H46N6O/c1-40-21-26-49-45-13-5-9-17-56(45)73(60(49)33-40)67-55(38-71)68(74-57-18-10-6-14-46(57)50-27-22-41(2)34-61(50)74)70(76-59-20-12-8-16-48(59)52-29-24-43(4)36-63(52)76)66(44-25-30-53-54-31-32-72-39-65(54)77-64(53)37-44)69(67)75-58-19-11-7-15-47(58)51-28-23-42(3)35-62(51)75/h5-37,39H,1-4H3. The first-order valence-electron chi connectivity index (χ1n) is 26.2. The number of rotatable bonds is 5. The van der Waals surface area contributed by atoms with E-state index in [2.05, 4.69) is 245 Å². The normalized spacial score (nSPS) is 12.1. The number of nitrogens with zero attached hydrogens (tertiary/aromatic N) is 6. The Balaban J connectivity index is 1.28. The third-order valence-electron chi connectivity index (χ3n) is 16.3.